The molecule has 0 radical (unpaired) electrons. The van der Waals surface area contributed by atoms with Crippen LogP contribution in [0.3, 0.4) is 0 Å². The van der Waals surface area contributed by atoms with Gasteiger partial charge in [0.2, 0.25) is 0 Å². The minimum absolute atomic E-state index is 0.268. The summed E-state index contributed by atoms with van der Waals surface area (Å²) in [7, 11) is 1.85. The Balaban J connectivity index is 1.78. The van der Waals surface area contributed by atoms with Gasteiger partial charge in [-0.1, -0.05) is 0 Å². The van der Waals surface area contributed by atoms with Crippen molar-refractivity contribution in [2.45, 2.75) is 50.0 Å². The molecule has 110 valence electrons. The lowest BCUT2D eigenvalue weighted by atomic mass is 9.98. The van der Waals surface area contributed by atoms with Crippen LogP contribution in [0.5, 0.6) is 0 Å². The molecule has 2 aliphatic heterocycles. The monoisotopic (exact) mass is 285 g/mol. The van der Waals surface area contributed by atoms with Gasteiger partial charge in [-0.15, -0.1) is 0 Å². The summed E-state index contributed by atoms with van der Waals surface area (Å²) < 4.78 is 38.3. The predicted octanol–water partition coefficient (Wildman–Crippen LogP) is 2.82. The zero-order valence-electron chi connectivity index (χ0n) is 11.3. The zero-order chi connectivity index (χ0) is 14.3. The zero-order valence-corrected chi connectivity index (χ0v) is 11.3. The molecule has 0 amide bonds. The molecule has 2 bridgehead atoms. The number of fused-ring (bicyclic) bond motifs is 2. The van der Waals surface area contributed by atoms with E-state index in [9.17, 15) is 13.2 Å². The molecule has 0 aliphatic carbocycles. The van der Waals surface area contributed by atoms with Crippen LogP contribution in [-0.2, 0) is 6.18 Å². The van der Waals surface area contributed by atoms with E-state index in [1.165, 1.54) is 19.0 Å². The van der Waals surface area contributed by atoms with Crippen LogP contribution in [0.25, 0.3) is 0 Å². The summed E-state index contributed by atoms with van der Waals surface area (Å²) in [6.45, 7) is 0. The summed E-state index contributed by atoms with van der Waals surface area (Å²) in [5.74, 6) is 0.408. The van der Waals surface area contributed by atoms with Crippen LogP contribution in [0.1, 0.15) is 31.2 Å². The number of nitrogens with one attached hydrogen (secondary N) is 1. The minimum Gasteiger partial charge on any atom is -0.357 e. The summed E-state index contributed by atoms with van der Waals surface area (Å²) in [5.41, 5.74) is -0.633. The molecule has 0 saturated carbocycles. The third-order valence-electron chi connectivity index (χ3n) is 4.43. The highest BCUT2D eigenvalue weighted by molar-refractivity contribution is 5.42. The van der Waals surface area contributed by atoms with Crippen LogP contribution in [-0.4, -0.2) is 30.2 Å². The smallest absolute Gasteiger partial charge is 0.357 e. The van der Waals surface area contributed by atoms with Crippen LogP contribution >= 0.6 is 0 Å². The van der Waals surface area contributed by atoms with Gasteiger partial charge in [-0.25, -0.2) is 4.98 Å². The number of hydrogen-bond acceptors (Lipinski definition) is 3. The van der Waals surface area contributed by atoms with Gasteiger partial charge in [0.25, 0.3) is 0 Å². The molecule has 2 aliphatic rings. The summed E-state index contributed by atoms with van der Waals surface area (Å²) in [5, 5.41) is 3.54. The van der Waals surface area contributed by atoms with Crippen molar-refractivity contribution < 1.29 is 13.2 Å². The summed E-state index contributed by atoms with van der Waals surface area (Å²) in [4.78, 5) is 6.01. The van der Waals surface area contributed by atoms with E-state index in [0.717, 1.165) is 25.0 Å². The van der Waals surface area contributed by atoms with Gasteiger partial charge in [-0.2, -0.15) is 13.2 Å². The number of rotatable bonds is 2. The number of alkyl halides is 3. The van der Waals surface area contributed by atoms with Gasteiger partial charge in [-0.05, 0) is 37.8 Å². The van der Waals surface area contributed by atoms with E-state index >= 15 is 0 Å². The largest absolute Gasteiger partial charge is 0.416 e. The molecule has 6 heteroatoms. The van der Waals surface area contributed by atoms with Gasteiger partial charge in [0.15, 0.2) is 0 Å². The van der Waals surface area contributed by atoms with Crippen molar-refractivity contribution in [1.29, 1.82) is 0 Å². The lowest BCUT2D eigenvalue weighted by Crippen LogP contribution is -2.47. The molecule has 3 nitrogen and oxygen atoms in total. The maximum atomic E-state index is 12.8. The Morgan fingerprint density at radius 1 is 1.25 bits per heavy atom. The van der Waals surface area contributed by atoms with Gasteiger partial charge >= 0.3 is 6.18 Å². The van der Waals surface area contributed by atoms with Crippen LogP contribution in [0.15, 0.2) is 18.3 Å². The van der Waals surface area contributed by atoms with Crippen LogP contribution < -0.4 is 10.2 Å². The van der Waals surface area contributed by atoms with E-state index in [1.54, 1.807) is 0 Å². The van der Waals surface area contributed by atoms with E-state index in [-0.39, 0.29) is 6.04 Å². The molecule has 2 unspecified atom stereocenters. The molecular weight excluding hydrogens is 267 g/mol. The summed E-state index contributed by atoms with van der Waals surface area (Å²) in [6, 6.07) is 3.44. The predicted molar refractivity (Wildman–Crippen MR) is 70.6 cm³/mol. The number of nitrogens with zero attached hydrogens (tertiary/aromatic N) is 2. The van der Waals surface area contributed by atoms with E-state index in [0.29, 0.717) is 17.9 Å². The third kappa shape index (κ3) is 2.61. The van der Waals surface area contributed by atoms with Crippen molar-refractivity contribution in [3.05, 3.63) is 23.9 Å². The molecule has 2 saturated heterocycles. The second-order valence-corrected chi connectivity index (χ2v) is 5.77. The van der Waals surface area contributed by atoms with Crippen molar-refractivity contribution in [3.8, 4) is 0 Å². The first-order chi connectivity index (χ1) is 9.43. The first kappa shape index (κ1) is 13.7. The highest BCUT2D eigenvalue weighted by atomic mass is 19.4. The van der Waals surface area contributed by atoms with Crippen LogP contribution in [0.2, 0.25) is 0 Å². The van der Waals surface area contributed by atoms with E-state index in [4.69, 9.17) is 0 Å². The Morgan fingerprint density at radius 3 is 2.50 bits per heavy atom. The molecule has 2 atom stereocenters. The highest BCUT2D eigenvalue weighted by Gasteiger charge is 2.36. The fourth-order valence-electron chi connectivity index (χ4n) is 3.32. The molecule has 2 fully saturated rings. The first-order valence-corrected chi connectivity index (χ1v) is 6.95. The SMILES string of the molecule is CN(c1cc(C(F)(F)F)ccn1)C1CC2CCC(C1)N2. The standard InChI is InChI=1S/C14H18F3N3/c1-20(12-7-10-2-3-11(8-12)19-10)13-6-9(4-5-18-13)14(15,16)17/h4-6,10-12,19H,2-3,7-8H2,1H3. The van der Waals surface area contributed by atoms with Crippen molar-refractivity contribution in [1.82, 2.24) is 10.3 Å². The fourth-order valence-corrected chi connectivity index (χ4v) is 3.32. The molecule has 1 N–H and O–H groups in total. The number of pyridine rings is 1. The normalized spacial score (nSPS) is 29.5. The Hall–Kier alpha value is -1.30. The molecule has 1 aromatic heterocycles. The first-order valence-electron chi connectivity index (χ1n) is 6.95. The number of halogens is 3. The van der Waals surface area contributed by atoms with Gasteiger partial charge < -0.3 is 10.2 Å². The highest BCUT2D eigenvalue weighted by Crippen LogP contribution is 2.33. The topological polar surface area (TPSA) is 28.2 Å². The Labute approximate surface area is 116 Å². The quantitative estimate of drug-likeness (QED) is 0.905. The van der Waals surface area contributed by atoms with Crippen molar-refractivity contribution in [2.75, 3.05) is 11.9 Å². The van der Waals surface area contributed by atoms with Gasteiger partial charge in [0.1, 0.15) is 5.82 Å². The van der Waals surface area contributed by atoms with Crippen molar-refractivity contribution >= 4 is 5.82 Å². The molecule has 3 heterocycles. The molecule has 3 rings (SSSR count). The molecule has 0 aromatic carbocycles. The number of aromatic nitrogens is 1. The van der Waals surface area contributed by atoms with Gasteiger partial charge in [-0.3, -0.25) is 0 Å². The van der Waals surface area contributed by atoms with E-state index < -0.39 is 11.7 Å². The fraction of sp³-hybridized carbons (Fsp3) is 0.643. The number of piperidine rings is 1. The summed E-state index contributed by atoms with van der Waals surface area (Å²) >= 11 is 0. The average molecular weight is 285 g/mol. The average Bonchev–Trinajstić information content (AvgIpc) is 2.76. The Bertz CT molecular complexity index is 477. The van der Waals surface area contributed by atoms with Crippen LogP contribution in [0, 0.1) is 0 Å². The van der Waals surface area contributed by atoms with Crippen molar-refractivity contribution in [3.63, 3.8) is 0 Å². The Kier molecular flexibility index (Phi) is 3.36. The molecule has 20 heavy (non-hydrogen) atoms. The molecule has 0 spiro atoms. The lowest BCUT2D eigenvalue weighted by Gasteiger charge is -2.36. The summed E-state index contributed by atoms with van der Waals surface area (Å²) in [6.07, 6.45) is 1.22. The number of hydrogen-bond donors (Lipinski definition) is 1. The molecular formula is C14H18F3N3. The van der Waals surface area contributed by atoms with E-state index in [1.807, 2.05) is 11.9 Å². The molecule has 1 aromatic rings. The Morgan fingerprint density at radius 2 is 1.90 bits per heavy atom. The lowest BCUT2D eigenvalue weighted by molar-refractivity contribution is -0.137. The van der Waals surface area contributed by atoms with Gasteiger partial charge in [0, 0.05) is 31.4 Å². The van der Waals surface area contributed by atoms with Crippen LogP contribution in [0.4, 0.5) is 19.0 Å². The maximum Gasteiger partial charge on any atom is 0.416 e. The second-order valence-electron chi connectivity index (χ2n) is 5.77. The number of anilines is 1. The van der Waals surface area contributed by atoms with Gasteiger partial charge in [0.05, 0.1) is 5.56 Å². The van der Waals surface area contributed by atoms with Crippen molar-refractivity contribution in [2.24, 2.45) is 0 Å². The second kappa shape index (κ2) is 4.91. The van der Waals surface area contributed by atoms with E-state index in [2.05, 4.69) is 10.3 Å². The maximum absolute atomic E-state index is 12.8. The minimum atomic E-state index is -4.31. The third-order valence-corrected chi connectivity index (χ3v) is 4.43.